The smallest absolute Gasteiger partial charge is 0.255 e. The van der Waals surface area contributed by atoms with Crippen molar-refractivity contribution in [3.8, 4) is 5.75 Å². The summed E-state index contributed by atoms with van der Waals surface area (Å²) < 4.78 is 5.45. The molecule has 6 nitrogen and oxygen atoms in total. The molecule has 0 atom stereocenters. The highest BCUT2D eigenvalue weighted by atomic mass is 16.5. The molecule has 2 amide bonds. The second-order valence-corrected chi connectivity index (χ2v) is 6.67. The monoisotopic (exact) mass is 397 g/mol. The number of para-hydroxylation sites is 1. The van der Waals surface area contributed by atoms with Gasteiger partial charge in [-0.25, -0.2) is 0 Å². The number of amides is 2. The van der Waals surface area contributed by atoms with E-state index in [-0.39, 0.29) is 18.4 Å². The topological polar surface area (TPSA) is 70.7 Å². The van der Waals surface area contributed by atoms with Gasteiger partial charge in [0.1, 0.15) is 5.75 Å². The van der Waals surface area contributed by atoms with E-state index in [1.807, 2.05) is 25.1 Å². The molecule has 0 fully saturated rings. The van der Waals surface area contributed by atoms with E-state index in [0.717, 1.165) is 25.2 Å². The van der Waals surface area contributed by atoms with Crippen LogP contribution in [-0.2, 0) is 17.9 Å². The molecule has 2 aromatic carbocycles. The van der Waals surface area contributed by atoms with Gasteiger partial charge in [-0.15, -0.1) is 0 Å². The molecule has 0 aromatic heterocycles. The first-order valence-corrected chi connectivity index (χ1v) is 10.1. The van der Waals surface area contributed by atoms with Gasteiger partial charge in [0, 0.05) is 13.1 Å². The molecule has 2 rings (SSSR count). The van der Waals surface area contributed by atoms with Gasteiger partial charge >= 0.3 is 0 Å². The van der Waals surface area contributed by atoms with Gasteiger partial charge in [0.25, 0.3) is 5.91 Å². The second-order valence-electron chi connectivity index (χ2n) is 6.67. The van der Waals surface area contributed by atoms with Crippen molar-refractivity contribution in [2.45, 2.75) is 33.9 Å². The summed E-state index contributed by atoms with van der Waals surface area (Å²) in [5.41, 5.74) is 2.70. The zero-order valence-corrected chi connectivity index (χ0v) is 17.5. The molecule has 0 bridgehead atoms. The van der Waals surface area contributed by atoms with Crippen molar-refractivity contribution in [1.82, 2.24) is 15.5 Å². The normalized spacial score (nSPS) is 10.6. The third kappa shape index (κ3) is 7.23. The van der Waals surface area contributed by atoms with Crippen molar-refractivity contribution in [2.75, 3.05) is 26.2 Å². The third-order valence-electron chi connectivity index (χ3n) is 4.65. The van der Waals surface area contributed by atoms with Crippen LogP contribution in [0.2, 0.25) is 0 Å². The number of nitrogens with zero attached hydrogens (tertiary/aromatic N) is 1. The van der Waals surface area contributed by atoms with Crippen LogP contribution in [0.1, 0.15) is 42.3 Å². The molecule has 0 saturated heterocycles. The Balaban J connectivity index is 1.79. The number of carbonyl (C=O) groups is 2. The highest BCUT2D eigenvalue weighted by Crippen LogP contribution is 2.17. The first kappa shape index (κ1) is 22.4. The summed E-state index contributed by atoms with van der Waals surface area (Å²) in [5.74, 6) is -0.0536. The number of hydrogen-bond acceptors (Lipinski definition) is 4. The van der Waals surface area contributed by atoms with Gasteiger partial charge < -0.3 is 15.4 Å². The highest BCUT2D eigenvalue weighted by molar-refractivity contribution is 5.98. The fourth-order valence-corrected chi connectivity index (χ4v) is 2.92. The van der Waals surface area contributed by atoms with Gasteiger partial charge in [0.15, 0.2) is 0 Å². The van der Waals surface area contributed by atoms with Crippen LogP contribution in [0.4, 0.5) is 0 Å². The van der Waals surface area contributed by atoms with Crippen molar-refractivity contribution in [3.63, 3.8) is 0 Å². The number of benzene rings is 2. The fourth-order valence-electron chi connectivity index (χ4n) is 2.92. The van der Waals surface area contributed by atoms with E-state index in [1.165, 1.54) is 5.56 Å². The van der Waals surface area contributed by atoms with Crippen LogP contribution in [0, 0.1) is 0 Å². The van der Waals surface area contributed by atoms with E-state index in [0.29, 0.717) is 24.5 Å². The van der Waals surface area contributed by atoms with Gasteiger partial charge in [0.05, 0.1) is 18.7 Å². The molecule has 156 valence electrons. The maximum Gasteiger partial charge on any atom is 0.255 e. The molecule has 0 aliphatic heterocycles. The van der Waals surface area contributed by atoms with Crippen molar-refractivity contribution in [2.24, 2.45) is 0 Å². The van der Waals surface area contributed by atoms with Gasteiger partial charge in [-0.3, -0.25) is 14.5 Å². The van der Waals surface area contributed by atoms with Crippen LogP contribution < -0.4 is 15.4 Å². The molecular formula is C23H31N3O3. The number of hydrogen-bond donors (Lipinski definition) is 2. The Kier molecular flexibility index (Phi) is 9.18. The average molecular weight is 398 g/mol. The lowest BCUT2D eigenvalue weighted by Crippen LogP contribution is -2.36. The predicted molar refractivity (Wildman–Crippen MR) is 115 cm³/mol. The molecule has 2 aromatic rings. The van der Waals surface area contributed by atoms with Crippen molar-refractivity contribution >= 4 is 11.8 Å². The van der Waals surface area contributed by atoms with Crippen molar-refractivity contribution in [1.29, 1.82) is 0 Å². The van der Waals surface area contributed by atoms with E-state index in [9.17, 15) is 9.59 Å². The zero-order valence-electron chi connectivity index (χ0n) is 17.5. The molecule has 2 N–H and O–H groups in total. The summed E-state index contributed by atoms with van der Waals surface area (Å²) in [5, 5.41) is 5.47. The first-order valence-electron chi connectivity index (χ1n) is 10.1. The Hall–Kier alpha value is -2.86. The van der Waals surface area contributed by atoms with Crippen LogP contribution in [-0.4, -0.2) is 43.0 Å². The molecule has 0 aliphatic rings. The van der Waals surface area contributed by atoms with E-state index in [1.54, 1.807) is 18.2 Å². The van der Waals surface area contributed by atoms with Gasteiger partial charge in [-0.05, 0) is 43.3 Å². The van der Waals surface area contributed by atoms with Crippen molar-refractivity contribution < 1.29 is 14.3 Å². The number of rotatable bonds is 11. The molecule has 0 heterocycles. The summed E-state index contributed by atoms with van der Waals surface area (Å²) in [7, 11) is 0. The van der Waals surface area contributed by atoms with E-state index < -0.39 is 0 Å². The predicted octanol–water partition coefficient (Wildman–Crippen LogP) is 2.97. The van der Waals surface area contributed by atoms with Gasteiger partial charge in [0.2, 0.25) is 5.91 Å². The molecule has 0 saturated carbocycles. The first-order chi connectivity index (χ1) is 14.1. The Bertz CT molecular complexity index is 786. The molecule has 0 aliphatic carbocycles. The summed E-state index contributed by atoms with van der Waals surface area (Å²) in [4.78, 5) is 26.8. The summed E-state index contributed by atoms with van der Waals surface area (Å²) >= 11 is 0. The minimum atomic E-state index is -0.329. The number of ether oxygens (including phenoxy) is 1. The quantitative estimate of drug-likeness (QED) is 0.612. The number of carbonyl (C=O) groups excluding carboxylic acids is 2. The minimum Gasteiger partial charge on any atom is -0.493 e. The van der Waals surface area contributed by atoms with E-state index >= 15 is 0 Å². The maximum absolute atomic E-state index is 12.3. The molecule has 0 unspecified atom stereocenters. The lowest BCUT2D eigenvalue weighted by Gasteiger charge is -2.18. The highest BCUT2D eigenvalue weighted by Gasteiger charge is 2.13. The van der Waals surface area contributed by atoms with Crippen LogP contribution in [0.15, 0.2) is 48.5 Å². The molecule has 0 radical (unpaired) electrons. The molecule has 0 spiro atoms. The summed E-state index contributed by atoms with van der Waals surface area (Å²) in [6.45, 7) is 9.95. The molecular weight excluding hydrogens is 366 g/mol. The van der Waals surface area contributed by atoms with Gasteiger partial charge in [-0.1, -0.05) is 50.2 Å². The molecule has 29 heavy (non-hydrogen) atoms. The van der Waals surface area contributed by atoms with Crippen LogP contribution in [0.3, 0.4) is 0 Å². The van der Waals surface area contributed by atoms with Crippen LogP contribution >= 0.6 is 0 Å². The number of nitrogens with one attached hydrogen (secondary N) is 2. The minimum absolute atomic E-state index is 0.0840. The second kappa shape index (κ2) is 11.9. The average Bonchev–Trinajstić information content (AvgIpc) is 2.75. The largest absolute Gasteiger partial charge is 0.493 e. The Morgan fingerprint density at radius 3 is 2.21 bits per heavy atom. The van der Waals surface area contributed by atoms with E-state index in [2.05, 4.69) is 41.5 Å². The van der Waals surface area contributed by atoms with Gasteiger partial charge in [-0.2, -0.15) is 0 Å². The van der Waals surface area contributed by atoms with Crippen LogP contribution in [0.5, 0.6) is 5.75 Å². The third-order valence-corrected chi connectivity index (χ3v) is 4.65. The molecule has 6 heteroatoms. The Morgan fingerprint density at radius 1 is 0.897 bits per heavy atom. The van der Waals surface area contributed by atoms with Crippen molar-refractivity contribution in [3.05, 3.63) is 65.2 Å². The lowest BCUT2D eigenvalue weighted by molar-refractivity contribution is -0.120. The summed E-state index contributed by atoms with van der Waals surface area (Å²) in [6.07, 6.45) is 0. The van der Waals surface area contributed by atoms with E-state index in [4.69, 9.17) is 4.74 Å². The summed E-state index contributed by atoms with van der Waals surface area (Å²) in [6, 6.07) is 15.2. The lowest BCUT2D eigenvalue weighted by atomic mass is 10.1. The Morgan fingerprint density at radius 2 is 1.55 bits per heavy atom. The maximum atomic E-state index is 12.3. The zero-order chi connectivity index (χ0) is 21.1. The Labute approximate surface area is 173 Å². The fraction of sp³-hybridized carbons (Fsp3) is 0.391. The van der Waals surface area contributed by atoms with Crippen LogP contribution in [0.25, 0.3) is 0 Å². The SMILES string of the molecule is CCOc1ccccc1C(=O)NCC(=O)NCc1ccc(CN(CC)CC)cc1. The standard InChI is InChI=1S/C23H31N3O3/c1-4-26(5-2)17-19-13-11-18(12-14-19)15-24-22(27)16-25-23(28)20-9-7-8-10-21(20)29-6-3/h7-14H,4-6,15-17H2,1-3H3,(H,24,27)(H,25,28).